The summed E-state index contributed by atoms with van der Waals surface area (Å²) in [5, 5.41) is 4.36. The lowest BCUT2D eigenvalue weighted by Crippen LogP contribution is -2.05. The van der Waals surface area contributed by atoms with Crippen LogP contribution in [0.4, 0.5) is 4.39 Å². The van der Waals surface area contributed by atoms with E-state index in [1.54, 1.807) is 16.8 Å². The fraction of sp³-hybridized carbons (Fsp3) is 0.286. The van der Waals surface area contributed by atoms with Crippen LogP contribution in [0, 0.1) is 12.7 Å². The Bertz CT molecular complexity index is 824. The Hall–Kier alpha value is -2.08. The number of ether oxygens (including phenoxy) is 1. The Labute approximate surface area is 125 Å². The molecule has 110 valence electrons. The molecule has 7 heteroatoms. The van der Waals surface area contributed by atoms with E-state index in [-0.39, 0.29) is 11.6 Å². The molecular weight excluding hydrogens is 295 g/mol. The van der Waals surface area contributed by atoms with E-state index >= 15 is 0 Å². The van der Waals surface area contributed by atoms with E-state index in [1.807, 2.05) is 18.5 Å². The number of fused-ring (bicyclic) bond motifs is 1. The summed E-state index contributed by atoms with van der Waals surface area (Å²) < 4.78 is 22.2. The largest absolute Gasteiger partial charge is 0.494 e. The van der Waals surface area contributed by atoms with Crippen molar-refractivity contribution in [3.8, 4) is 11.4 Å². The lowest BCUT2D eigenvalue weighted by atomic mass is 10.3. The molecule has 0 atom stereocenters. The van der Waals surface area contributed by atoms with Gasteiger partial charge in [-0.15, -0.1) is 11.6 Å². The molecule has 5 nitrogen and oxygen atoms in total. The molecule has 0 radical (unpaired) electrons. The van der Waals surface area contributed by atoms with Crippen molar-refractivity contribution >= 4 is 22.8 Å². The number of benzene rings is 1. The summed E-state index contributed by atoms with van der Waals surface area (Å²) in [6.45, 7) is 1.89. The normalized spacial score (nSPS) is 11.3. The Morgan fingerprint density at radius 2 is 2.14 bits per heavy atom. The van der Waals surface area contributed by atoms with E-state index in [2.05, 4.69) is 10.1 Å². The number of alkyl halides is 1. The highest BCUT2D eigenvalue weighted by atomic mass is 35.5. The number of halogens is 2. The third kappa shape index (κ3) is 2.06. The van der Waals surface area contributed by atoms with Gasteiger partial charge in [0, 0.05) is 13.1 Å². The van der Waals surface area contributed by atoms with Gasteiger partial charge in [0.1, 0.15) is 11.3 Å². The van der Waals surface area contributed by atoms with E-state index in [0.29, 0.717) is 5.82 Å². The van der Waals surface area contributed by atoms with Crippen LogP contribution in [0.5, 0.6) is 5.75 Å². The summed E-state index contributed by atoms with van der Waals surface area (Å²) in [5.74, 6) is 0.685. The average molecular weight is 309 g/mol. The summed E-state index contributed by atoms with van der Waals surface area (Å²) in [6, 6.07) is 4.65. The van der Waals surface area contributed by atoms with E-state index in [9.17, 15) is 4.39 Å². The van der Waals surface area contributed by atoms with Gasteiger partial charge in [0.25, 0.3) is 0 Å². The Kier molecular flexibility index (Phi) is 3.33. The zero-order valence-electron chi connectivity index (χ0n) is 11.9. The minimum absolute atomic E-state index is 0.175. The number of aromatic nitrogens is 4. The maximum absolute atomic E-state index is 13.6. The van der Waals surface area contributed by atoms with Crippen molar-refractivity contribution < 1.29 is 9.13 Å². The quantitative estimate of drug-likeness (QED) is 0.699. The van der Waals surface area contributed by atoms with E-state index in [4.69, 9.17) is 16.3 Å². The molecule has 0 aliphatic heterocycles. The molecule has 0 saturated heterocycles. The number of hydrogen-bond donors (Lipinski definition) is 0. The van der Waals surface area contributed by atoms with Crippen molar-refractivity contribution in [3.05, 3.63) is 35.5 Å². The number of rotatable bonds is 3. The number of methoxy groups -OCH3 is 1. The molecule has 0 amide bonds. The minimum Gasteiger partial charge on any atom is -0.494 e. The topological polar surface area (TPSA) is 44.9 Å². The van der Waals surface area contributed by atoms with Crippen LogP contribution < -0.4 is 4.74 Å². The maximum atomic E-state index is 13.6. The first-order valence-electron chi connectivity index (χ1n) is 6.37. The Balaban J connectivity index is 2.33. The van der Waals surface area contributed by atoms with Crippen LogP contribution in [0.25, 0.3) is 16.9 Å². The maximum Gasteiger partial charge on any atom is 0.165 e. The number of nitrogens with zero attached hydrogens (tertiary/aromatic N) is 4. The van der Waals surface area contributed by atoms with Crippen LogP contribution in [0.3, 0.4) is 0 Å². The number of imidazole rings is 1. The highest BCUT2D eigenvalue weighted by Gasteiger charge is 2.19. The summed E-state index contributed by atoms with van der Waals surface area (Å²) in [5.41, 5.74) is 3.16. The van der Waals surface area contributed by atoms with Crippen molar-refractivity contribution in [2.45, 2.75) is 12.8 Å². The van der Waals surface area contributed by atoms with Gasteiger partial charge in [0.2, 0.25) is 0 Å². The first-order chi connectivity index (χ1) is 10.1. The molecule has 0 unspecified atom stereocenters. The zero-order valence-corrected chi connectivity index (χ0v) is 12.6. The monoisotopic (exact) mass is 308 g/mol. The van der Waals surface area contributed by atoms with Gasteiger partial charge in [-0.1, -0.05) is 0 Å². The summed E-state index contributed by atoms with van der Waals surface area (Å²) >= 11 is 6.00. The number of aryl methyl sites for hydroxylation is 2. The molecule has 2 heterocycles. The van der Waals surface area contributed by atoms with Crippen molar-refractivity contribution in [2.24, 2.45) is 7.05 Å². The van der Waals surface area contributed by atoms with Gasteiger partial charge in [-0.25, -0.2) is 14.1 Å². The van der Waals surface area contributed by atoms with Gasteiger partial charge in [0.15, 0.2) is 17.2 Å². The Morgan fingerprint density at radius 1 is 1.38 bits per heavy atom. The summed E-state index contributed by atoms with van der Waals surface area (Å²) in [7, 11) is 3.27. The first kappa shape index (κ1) is 13.9. The van der Waals surface area contributed by atoms with Crippen molar-refractivity contribution in [2.75, 3.05) is 7.11 Å². The standard InChI is InChI=1S/C14H14ClFN4O/c1-8-13-14(19(2)18-8)20(12(7-15)17-13)9-4-5-10(16)11(6-9)21-3/h4-6H,7H2,1-3H3. The lowest BCUT2D eigenvalue weighted by Gasteiger charge is -2.10. The fourth-order valence-electron chi connectivity index (χ4n) is 2.47. The second kappa shape index (κ2) is 5.04. The van der Waals surface area contributed by atoms with Crippen LogP contribution in [0.15, 0.2) is 18.2 Å². The average Bonchev–Trinajstić information content (AvgIpc) is 2.98. The molecule has 3 rings (SSSR count). The SMILES string of the molecule is COc1cc(-n2c(CCl)nc3c(C)nn(C)c32)ccc1F. The van der Waals surface area contributed by atoms with Crippen molar-refractivity contribution in [1.82, 2.24) is 19.3 Å². The first-order valence-corrected chi connectivity index (χ1v) is 6.91. The lowest BCUT2D eigenvalue weighted by molar-refractivity contribution is 0.386. The molecule has 0 saturated carbocycles. The predicted octanol–water partition coefficient (Wildman–Crippen LogP) is 2.95. The third-order valence-corrected chi connectivity index (χ3v) is 3.62. The molecule has 0 aliphatic carbocycles. The van der Waals surface area contributed by atoms with E-state index in [1.165, 1.54) is 13.2 Å². The van der Waals surface area contributed by atoms with Gasteiger partial charge in [-0.05, 0) is 19.1 Å². The second-order valence-corrected chi connectivity index (χ2v) is 4.96. The highest BCUT2D eigenvalue weighted by molar-refractivity contribution is 6.17. The van der Waals surface area contributed by atoms with E-state index in [0.717, 1.165) is 22.5 Å². The summed E-state index contributed by atoms with van der Waals surface area (Å²) in [6.07, 6.45) is 0. The van der Waals surface area contributed by atoms with Crippen LogP contribution in [-0.2, 0) is 12.9 Å². The summed E-state index contributed by atoms with van der Waals surface area (Å²) in [4.78, 5) is 4.52. The molecule has 1 aromatic carbocycles. The molecule has 0 aliphatic rings. The molecule has 0 spiro atoms. The van der Waals surface area contributed by atoms with Gasteiger partial charge in [-0.3, -0.25) is 4.57 Å². The van der Waals surface area contributed by atoms with Crippen LogP contribution >= 0.6 is 11.6 Å². The molecular formula is C14H14ClFN4O. The predicted molar refractivity (Wildman–Crippen MR) is 78.6 cm³/mol. The van der Waals surface area contributed by atoms with Gasteiger partial charge >= 0.3 is 0 Å². The molecule has 2 aromatic heterocycles. The van der Waals surface area contributed by atoms with Gasteiger partial charge in [0.05, 0.1) is 24.4 Å². The van der Waals surface area contributed by atoms with Crippen LogP contribution in [-0.4, -0.2) is 26.4 Å². The molecule has 0 fully saturated rings. The molecule has 3 aromatic rings. The van der Waals surface area contributed by atoms with Crippen molar-refractivity contribution in [1.29, 1.82) is 0 Å². The third-order valence-electron chi connectivity index (χ3n) is 3.38. The molecule has 0 bridgehead atoms. The second-order valence-electron chi connectivity index (χ2n) is 4.70. The molecule has 0 N–H and O–H groups in total. The fourth-order valence-corrected chi connectivity index (χ4v) is 2.65. The Morgan fingerprint density at radius 3 is 2.81 bits per heavy atom. The highest BCUT2D eigenvalue weighted by Crippen LogP contribution is 2.27. The number of hydrogen-bond acceptors (Lipinski definition) is 3. The smallest absolute Gasteiger partial charge is 0.165 e. The van der Waals surface area contributed by atoms with Gasteiger partial charge in [-0.2, -0.15) is 5.10 Å². The van der Waals surface area contributed by atoms with Crippen LogP contribution in [0.2, 0.25) is 0 Å². The van der Waals surface area contributed by atoms with E-state index < -0.39 is 5.82 Å². The van der Waals surface area contributed by atoms with Crippen molar-refractivity contribution in [3.63, 3.8) is 0 Å². The minimum atomic E-state index is -0.411. The zero-order chi connectivity index (χ0) is 15.1. The molecule has 21 heavy (non-hydrogen) atoms. The van der Waals surface area contributed by atoms with Crippen LogP contribution in [0.1, 0.15) is 11.5 Å². The van der Waals surface area contributed by atoms with Gasteiger partial charge < -0.3 is 4.74 Å².